The van der Waals surface area contributed by atoms with Crippen LogP contribution in [0.15, 0.2) is 71.1 Å². The minimum absolute atomic E-state index is 0.0417. The molecule has 0 fully saturated rings. The fraction of sp³-hybridized carbons (Fsp3) is 0.130. The highest BCUT2D eigenvalue weighted by Gasteiger charge is 2.19. The van der Waals surface area contributed by atoms with Crippen molar-refractivity contribution in [2.75, 3.05) is 0 Å². The van der Waals surface area contributed by atoms with Gasteiger partial charge in [0.05, 0.1) is 22.8 Å². The summed E-state index contributed by atoms with van der Waals surface area (Å²) in [5.74, 6) is 0.839. The number of allylic oxidation sites excluding steroid dienone is 7. The minimum atomic E-state index is -0.0417. The van der Waals surface area contributed by atoms with Crippen LogP contribution in [0.1, 0.15) is 37.0 Å². The van der Waals surface area contributed by atoms with Crippen molar-refractivity contribution in [2.45, 2.75) is 19.8 Å². The lowest BCUT2D eigenvalue weighted by atomic mass is 10.0. The molecule has 0 spiro atoms. The standard InChI is InChI=1S/C23H19BrN4O2/c1-3-7-19(29)17(4-2)22-26-21(15-10-14(13-25)11-16(24)12-15)27-23(28-22)18-8-5-6-9-20(18)30/h3-4,7-12,29-30H,2,5-6H2,1H3/b7-3-,19-17-. The van der Waals surface area contributed by atoms with Crippen LogP contribution in [0.4, 0.5) is 0 Å². The Hall–Kier alpha value is -3.50. The fourth-order valence-corrected chi connectivity index (χ4v) is 3.45. The van der Waals surface area contributed by atoms with Gasteiger partial charge >= 0.3 is 0 Å². The zero-order valence-corrected chi connectivity index (χ0v) is 17.9. The van der Waals surface area contributed by atoms with Crippen LogP contribution >= 0.6 is 15.9 Å². The number of aromatic nitrogens is 3. The summed E-state index contributed by atoms with van der Waals surface area (Å²) >= 11 is 3.40. The van der Waals surface area contributed by atoms with Gasteiger partial charge in [-0.25, -0.2) is 15.0 Å². The van der Waals surface area contributed by atoms with Crippen molar-refractivity contribution in [1.29, 1.82) is 5.26 Å². The molecule has 0 unspecified atom stereocenters. The summed E-state index contributed by atoms with van der Waals surface area (Å²) in [6, 6.07) is 7.26. The van der Waals surface area contributed by atoms with E-state index in [1.165, 1.54) is 12.2 Å². The predicted octanol–water partition coefficient (Wildman–Crippen LogP) is 5.82. The molecule has 0 bridgehead atoms. The van der Waals surface area contributed by atoms with Gasteiger partial charge < -0.3 is 10.2 Å². The van der Waals surface area contributed by atoms with Crippen LogP contribution in [0.25, 0.3) is 22.5 Å². The molecule has 1 aliphatic carbocycles. The Bertz CT molecular complexity index is 1170. The van der Waals surface area contributed by atoms with E-state index in [2.05, 4.69) is 43.5 Å². The first-order chi connectivity index (χ1) is 14.5. The molecule has 0 aliphatic heterocycles. The topological polar surface area (TPSA) is 103 Å². The Balaban J connectivity index is 2.29. The highest BCUT2D eigenvalue weighted by Crippen LogP contribution is 2.29. The van der Waals surface area contributed by atoms with Crippen LogP contribution in [0.2, 0.25) is 0 Å². The number of halogens is 1. The SMILES string of the molecule is C=C/C(=C(O)\C=C/C)c1nc(C2=CCCC=C2O)nc(-c2cc(Br)cc(C#N)c2)n1. The van der Waals surface area contributed by atoms with Crippen LogP contribution in [0.3, 0.4) is 0 Å². The second-order valence-electron chi connectivity index (χ2n) is 6.43. The number of benzene rings is 1. The van der Waals surface area contributed by atoms with Gasteiger partial charge in [-0.15, -0.1) is 0 Å². The van der Waals surface area contributed by atoms with E-state index in [4.69, 9.17) is 0 Å². The minimum Gasteiger partial charge on any atom is -0.508 e. The van der Waals surface area contributed by atoms with E-state index in [0.717, 1.165) is 12.8 Å². The Labute approximate surface area is 183 Å². The molecule has 30 heavy (non-hydrogen) atoms. The average molecular weight is 463 g/mol. The number of aliphatic hydroxyl groups is 2. The van der Waals surface area contributed by atoms with Crippen LogP contribution in [-0.2, 0) is 0 Å². The third-order valence-electron chi connectivity index (χ3n) is 4.34. The molecule has 0 saturated heterocycles. The summed E-state index contributed by atoms with van der Waals surface area (Å²) in [5.41, 5.74) is 1.86. The molecular formula is C23H19BrN4O2. The first-order valence-electron chi connectivity index (χ1n) is 9.22. The molecule has 7 heteroatoms. The molecule has 1 heterocycles. The third kappa shape index (κ3) is 4.56. The highest BCUT2D eigenvalue weighted by molar-refractivity contribution is 9.10. The van der Waals surface area contributed by atoms with Gasteiger partial charge in [0.2, 0.25) is 0 Å². The first-order valence-corrected chi connectivity index (χ1v) is 10.0. The Morgan fingerprint density at radius 2 is 1.90 bits per heavy atom. The van der Waals surface area contributed by atoms with Crippen LogP contribution in [-0.4, -0.2) is 25.2 Å². The molecule has 0 radical (unpaired) electrons. The number of rotatable bonds is 5. The van der Waals surface area contributed by atoms with Crippen molar-refractivity contribution in [1.82, 2.24) is 15.0 Å². The maximum atomic E-state index is 10.4. The molecule has 2 aromatic rings. The fourth-order valence-electron chi connectivity index (χ4n) is 2.96. The summed E-state index contributed by atoms with van der Waals surface area (Å²) in [6.45, 7) is 5.54. The highest BCUT2D eigenvalue weighted by atomic mass is 79.9. The lowest BCUT2D eigenvalue weighted by Crippen LogP contribution is -2.07. The Morgan fingerprint density at radius 1 is 1.17 bits per heavy atom. The van der Waals surface area contributed by atoms with E-state index in [9.17, 15) is 15.5 Å². The predicted molar refractivity (Wildman–Crippen MR) is 120 cm³/mol. The van der Waals surface area contributed by atoms with Crippen molar-refractivity contribution in [2.24, 2.45) is 0 Å². The molecule has 6 nitrogen and oxygen atoms in total. The molecule has 0 atom stereocenters. The van der Waals surface area contributed by atoms with Gasteiger partial charge in [0, 0.05) is 10.0 Å². The van der Waals surface area contributed by atoms with Gasteiger partial charge in [0.1, 0.15) is 11.5 Å². The van der Waals surface area contributed by atoms with E-state index in [1.54, 1.807) is 37.3 Å². The van der Waals surface area contributed by atoms with E-state index >= 15 is 0 Å². The van der Waals surface area contributed by atoms with E-state index in [1.807, 2.05) is 6.08 Å². The van der Waals surface area contributed by atoms with Crippen LogP contribution in [0.5, 0.6) is 0 Å². The summed E-state index contributed by atoms with van der Waals surface area (Å²) in [4.78, 5) is 13.5. The molecular weight excluding hydrogens is 444 g/mol. The van der Waals surface area contributed by atoms with Crippen molar-refractivity contribution in [3.8, 4) is 17.5 Å². The summed E-state index contributed by atoms with van der Waals surface area (Å²) in [6.07, 6.45) is 9.73. The first kappa shape index (κ1) is 21.2. The maximum absolute atomic E-state index is 10.4. The third-order valence-corrected chi connectivity index (χ3v) is 4.79. The summed E-state index contributed by atoms with van der Waals surface area (Å²) < 4.78 is 0.705. The number of hydrogen-bond donors (Lipinski definition) is 2. The van der Waals surface area contributed by atoms with Crippen LogP contribution in [0, 0.1) is 11.3 Å². The van der Waals surface area contributed by atoms with E-state index in [-0.39, 0.29) is 23.2 Å². The second kappa shape index (κ2) is 9.33. The largest absolute Gasteiger partial charge is 0.508 e. The van der Waals surface area contributed by atoms with Crippen molar-refractivity contribution in [3.63, 3.8) is 0 Å². The number of nitriles is 1. The van der Waals surface area contributed by atoms with Crippen molar-refractivity contribution < 1.29 is 10.2 Å². The monoisotopic (exact) mass is 462 g/mol. The number of nitrogens with zero attached hydrogens (tertiary/aromatic N) is 4. The van der Waals surface area contributed by atoms with Crippen molar-refractivity contribution >= 4 is 27.1 Å². The molecule has 0 amide bonds. The zero-order chi connectivity index (χ0) is 21.7. The lowest BCUT2D eigenvalue weighted by molar-refractivity contribution is 0.431. The molecule has 150 valence electrons. The second-order valence-corrected chi connectivity index (χ2v) is 7.35. The van der Waals surface area contributed by atoms with Gasteiger partial charge in [-0.1, -0.05) is 40.7 Å². The van der Waals surface area contributed by atoms with Gasteiger partial charge in [0.25, 0.3) is 0 Å². The molecule has 0 saturated carbocycles. The van der Waals surface area contributed by atoms with Crippen molar-refractivity contribution in [3.05, 3.63) is 88.4 Å². The van der Waals surface area contributed by atoms with Gasteiger partial charge in [0.15, 0.2) is 17.5 Å². The summed E-state index contributed by atoms with van der Waals surface area (Å²) in [5, 5.41) is 30.0. The van der Waals surface area contributed by atoms with Gasteiger partial charge in [-0.3, -0.25) is 0 Å². The zero-order valence-electron chi connectivity index (χ0n) is 16.3. The average Bonchev–Trinajstić information content (AvgIpc) is 2.74. The maximum Gasteiger partial charge on any atom is 0.167 e. The quantitative estimate of drug-likeness (QED) is 0.428. The molecule has 2 N–H and O–H groups in total. The van der Waals surface area contributed by atoms with Crippen LogP contribution < -0.4 is 0 Å². The lowest BCUT2D eigenvalue weighted by Gasteiger charge is -2.13. The van der Waals surface area contributed by atoms with E-state index in [0.29, 0.717) is 32.6 Å². The Kier molecular flexibility index (Phi) is 6.60. The number of aliphatic hydroxyl groups excluding tert-OH is 2. The van der Waals surface area contributed by atoms with Gasteiger partial charge in [-0.05, 0) is 50.1 Å². The summed E-state index contributed by atoms with van der Waals surface area (Å²) in [7, 11) is 0. The van der Waals surface area contributed by atoms with Gasteiger partial charge in [-0.2, -0.15) is 5.26 Å². The Morgan fingerprint density at radius 3 is 2.57 bits per heavy atom. The molecule has 3 rings (SSSR count). The smallest absolute Gasteiger partial charge is 0.167 e. The number of hydrogen-bond acceptors (Lipinski definition) is 6. The molecule has 1 aliphatic rings. The molecule has 1 aromatic carbocycles. The van der Waals surface area contributed by atoms with E-state index < -0.39 is 0 Å². The molecule has 1 aromatic heterocycles. The normalized spacial score (nSPS) is 14.6.